The predicted molar refractivity (Wildman–Crippen MR) is 83.1 cm³/mol. The number of aryl methyl sites for hydroxylation is 1. The second-order valence-electron chi connectivity index (χ2n) is 7.83. The molecule has 21 heavy (non-hydrogen) atoms. The zero-order valence-corrected chi connectivity index (χ0v) is 13.4. The summed E-state index contributed by atoms with van der Waals surface area (Å²) in [4.78, 5) is 0. The molecule has 2 aliphatic carbocycles. The van der Waals surface area contributed by atoms with E-state index in [1.807, 2.05) is 0 Å². The molecule has 2 aliphatic heterocycles. The van der Waals surface area contributed by atoms with E-state index in [-0.39, 0.29) is 11.7 Å². The monoisotopic (exact) mass is 286 g/mol. The first-order chi connectivity index (χ1) is 10.0. The summed E-state index contributed by atoms with van der Waals surface area (Å²) in [6, 6.07) is 8.51. The van der Waals surface area contributed by atoms with E-state index in [9.17, 15) is 0 Å². The standard InChI is InChI=1S/C19H26O2/c1-13-6-4-5-7-14(13)12-20-17-11-18(2)15-8-9-16(18)21-19(17,3)10-15/h4-7,15-17H,8-12H2,1-3H3. The molecular weight excluding hydrogens is 260 g/mol. The van der Waals surface area contributed by atoms with Crippen molar-refractivity contribution in [2.75, 3.05) is 0 Å². The average Bonchev–Trinajstić information content (AvgIpc) is 2.65. The lowest BCUT2D eigenvalue weighted by molar-refractivity contribution is -0.280. The lowest BCUT2D eigenvalue weighted by atomic mass is 9.60. The van der Waals surface area contributed by atoms with E-state index >= 15 is 0 Å². The van der Waals surface area contributed by atoms with E-state index in [4.69, 9.17) is 9.47 Å². The van der Waals surface area contributed by atoms with Crippen molar-refractivity contribution in [1.82, 2.24) is 0 Å². The molecule has 0 amide bonds. The maximum Gasteiger partial charge on any atom is 0.0922 e. The number of rotatable bonds is 3. The molecule has 2 saturated carbocycles. The molecule has 1 aromatic carbocycles. The van der Waals surface area contributed by atoms with Gasteiger partial charge in [-0.05, 0) is 62.0 Å². The highest BCUT2D eigenvalue weighted by atomic mass is 16.6. The van der Waals surface area contributed by atoms with Gasteiger partial charge in [-0.2, -0.15) is 0 Å². The summed E-state index contributed by atoms with van der Waals surface area (Å²) in [7, 11) is 0. The molecule has 0 radical (unpaired) electrons. The van der Waals surface area contributed by atoms with Crippen LogP contribution in [0.1, 0.15) is 50.7 Å². The van der Waals surface area contributed by atoms with Gasteiger partial charge in [-0.3, -0.25) is 0 Å². The minimum Gasteiger partial charge on any atom is -0.371 e. The molecule has 4 bridgehead atoms. The Morgan fingerprint density at radius 1 is 1.19 bits per heavy atom. The molecule has 0 spiro atoms. The fourth-order valence-electron chi connectivity index (χ4n) is 4.98. The molecular formula is C19H26O2. The lowest BCUT2D eigenvalue weighted by Crippen LogP contribution is -2.63. The maximum absolute atomic E-state index is 6.47. The van der Waals surface area contributed by atoms with Gasteiger partial charge in [0, 0.05) is 0 Å². The molecule has 4 aliphatic rings. The van der Waals surface area contributed by atoms with Gasteiger partial charge < -0.3 is 9.47 Å². The smallest absolute Gasteiger partial charge is 0.0922 e. The largest absolute Gasteiger partial charge is 0.371 e. The highest BCUT2D eigenvalue weighted by molar-refractivity contribution is 5.25. The van der Waals surface area contributed by atoms with Crippen LogP contribution in [0.15, 0.2) is 24.3 Å². The first-order valence-corrected chi connectivity index (χ1v) is 8.35. The summed E-state index contributed by atoms with van der Waals surface area (Å²) >= 11 is 0. The predicted octanol–water partition coefficient (Wildman–Crippen LogP) is 4.25. The van der Waals surface area contributed by atoms with Crippen LogP contribution in [0, 0.1) is 18.3 Å². The fourth-order valence-corrected chi connectivity index (χ4v) is 4.98. The van der Waals surface area contributed by atoms with Gasteiger partial charge in [-0.25, -0.2) is 0 Å². The van der Waals surface area contributed by atoms with Gasteiger partial charge >= 0.3 is 0 Å². The Morgan fingerprint density at radius 3 is 2.76 bits per heavy atom. The van der Waals surface area contributed by atoms with Gasteiger partial charge in [-0.1, -0.05) is 31.2 Å². The van der Waals surface area contributed by atoms with Crippen LogP contribution >= 0.6 is 0 Å². The molecule has 2 heterocycles. The van der Waals surface area contributed by atoms with Crippen LogP contribution in [0.3, 0.4) is 0 Å². The molecule has 2 nitrogen and oxygen atoms in total. The van der Waals surface area contributed by atoms with Gasteiger partial charge in [0.25, 0.3) is 0 Å². The summed E-state index contributed by atoms with van der Waals surface area (Å²) in [6.45, 7) is 7.57. The van der Waals surface area contributed by atoms with Gasteiger partial charge in [0.05, 0.1) is 24.4 Å². The Bertz CT molecular complexity index is 536. The van der Waals surface area contributed by atoms with Crippen LogP contribution in [-0.4, -0.2) is 17.8 Å². The van der Waals surface area contributed by atoms with Crippen LogP contribution in [0.25, 0.3) is 0 Å². The maximum atomic E-state index is 6.47. The molecule has 4 fully saturated rings. The third kappa shape index (κ3) is 1.99. The van der Waals surface area contributed by atoms with Crippen LogP contribution in [0.2, 0.25) is 0 Å². The van der Waals surface area contributed by atoms with Crippen molar-refractivity contribution in [2.45, 2.75) is 70.9 Å². The summed E-state index contributed by atoms with van der Waals surface area (Å²) in [5, 5.41) is 0. The van der Waals surface area contributed by atoms with Crippen LogP contribution < -0.4 is 0 Å². The summed E-state index contributed by atoms with van der Waals surface area (Å²) in [5.74, 6) is 0.847. The third-order valence-corrected chi connectivity index (χ3v) is 6.52. The minimum atomic E-state index is -0.0632. The summed E-state index contributed by atoms with van der Waals surface area (Å²) < 4.78 is 12.8. The molecule has 5 atom stereocenters. The SMILES string of the molecule is Cc1ccccc1COC1CC2(C)C3CCC2OC1(C)C3. The van der Waals surface area contributed by atoms with Crippen molar-refractivity contribution in [1.29, 1.82) is 0 Å². The Balaban J connectivity index is 1.51. The van der Waals surface area contributed by atoms with Crippen LogP contribution in [0.5, 0.6) is 0 Å². The Morgan fingerprint density at radius 2 is 2.00 bits per heavy atom. The summed E-state index contributed by atoms with van der Waals surface area (Å²) in [5.41, 5.74) is 2.91. The highest BCUT2D eigenvalue weighted by Crippen LogP contribution is 2.62. The number of hydrogen-bond donors (Lipinski definition) is 0. The first kappa shape index (κ1) is 13.8. The minimum absolute atomic E-state index is 0.0632. The zero-order valence-electron chi connectivity index (χ0n) is 13.4. The zero-order chi connectivity index (χ0) is 14.7. The van der Waals surface area contributed by atoms with Crippen molar-refractivity contribution in [3.63, 3.8) is 0 Å². The number of ether oxygens (including phenoxy) is 2. The van der Waals surface area contributed by atoms with Crippen molar-refractivity contribution in [2.24, 2.45) is 11.3 Å². The Labute approximate surface area is 127 Å². The highest BCUT2D eigenvalue weighted by Gasteiger charge is 2.63. The summed E-state index contributed by atoms with van der Waals surface area (Å²) in [6.07, 6.45) is 5.67. The second kappa shape index (κ2) is 4.57. The molecule has 2 saturated heterocycles. The Hall–Kier alpha value is -0.860. The van der Waals surface area contributed by atoms with Crippen molar-refractivity contribution in [3.05, 3.63) is 35.4 Å². The topological polar surface area (TPSA) is 18.5 Å². The molecule has 5 rings (SSSR count). The number of hydrogen-bond acceptors (Lipinski definition) is 2. The van der Waals surface area contributed by atoms with Crippen LogP contribution in [-0.2, 0) is 16.1 Å². The average molecular weight is 286 g/mol. The fraction of sp³-hybridized carbons (Fsp3) is 0.684. The van der Waals surface area contributed by atoms with Gasteiger partial charge in [0.1, 0.15) is 0 Å². The van der Waals surface area contributed by atoms with Gasteiger partial charge in [0.2, 0.25) is 0 Å². The quantitative estimate of drug-likeness (QED) is 0.827. The second-order valence-corrected chi connectivity index (χ2v) is 7.83. The van der Waals surface area contributed by atoms with Crippen molar-refractivity contribution < 1.29 is 9.47 Å². The van der Waals surface area contributed by atoms with E-state index < -0.39 is 0 Å². The number of fused-ring (bicyclic) bond motifs is 1. The molecule has 114 valence electrons. The van der Waals surface area contributed by atoms with Gasteiger partial charge in [-0.15, -0.1) is 0 Å². The third-order valence-electron chi connectivity index (χ3n) is 6.52. The molecule has 2 heteroatoms. The van der Waals surface area contributed by atoms with E-state index in [0.717, 1.165) is 5.92 Å². The Kier molecular flexibility index (Phi) is 3.00. The molecule has 0 N–H and O–H groups in total. The van der Waals surface area contributed by atoms with Crippen LogP contribution in [0.4, 0.5) is 0 Å². The number of benzene rings is 1. The normalized spacial score (nSPS) is 44.2. The van der Waals surface area contributed by atoms with E-state index in [0.29, 0.717) is 18.1 Å². The van der Waals surface area contributed by atoms with Crippen molar-refractivity contribution in [3.8, 4) is 0 Å². The van der Waals surface area contributed by atoms with E-state index in [2.05, 4.69) is 45.0 Å². The van der Waals surface area contributed by atoms with E-state index in [1.54, 1.807) is 0 Å². The van der Waals surface area contributed by atoms with Crippen molar-refractivity contribution >= 4 is 0 Å². The van der Waals surface area contributed by atoms with E-state index in [1.165, 1.54) is 36.8 Å². The van der Waals surface area contributed by atoms with Gasteiger partial charge in [0.15, 0.2) is 0 Å². The first-order valence-electron chi connectivity index (χ1n) is 8.35. The molecule has 5 unspecified atom stereocenters. The lowest BCUT2D eigenvalue weighted by Gasteiger charge is -2.58. The molecule has 0 aromatic heterocycles. The molecule has 1 aromatic rings.